The fourth-order valence-electron chi connectivity index (χ4n) is 8.01. The molecular formula is C52H32N4S. The standard InChI is InChI=1S/C52H32N4S/c1-3-14-34(15-4-1)48-44-25-12-22-39(47(44)43-21-7-9-26-45(43)53-48)37-18-11-19-38(32-37)52-55-50(35-16-5-2-6-17-35)54-51(56-52)36-30-28-33(29-31-36)40-23-13-24-42-41-20-8-10-27-46(41)57-49(40)42/h1-32H. The molecule has 0 fully saturated rings. The predicted molar refractivity (Wildman–Crippen MR) is 238 cm³/mol. The van der Waals surface area contributed by atoms with Crippen molar-refractivity contribution in [1.29, 1.82) is 0 Å². The van der Waals surface area contributed by atoms with Crippen LogP contribution in [0.5, 0.6) is 0 Å². The first kappa shape index (κ1) is 33.0. The van der Waals surface area contributed by atoms with Crippen LogP contribution in [0.15, 0.2) is 194 Å². The molecule has 0 aliphatic carbocycles. The van der Waals surface area contributed by atoms with Crippen LogP contribution in [0.3, 0.4) is 0 Å². The van der Waals surface area contributed by atoms with E-state index in [4.69, 9.17) is 19.9 Å². The monoisotopic (exact) mass is 744 g/mol. The third-order valence-electron chi connectivity index (χ3n) is 10.7. The Labute approximate surface area is 333 Å². The molecule has 5 heteroatoms. The lowest BCUT2D eigenvalue weighted by molar-refractivity contribution is 1.07. The maximum Gasteiger partial charge on any atom is 0.164 e. The van der Waals surface area contributed by atoms with Gasteiger partial charge in [-0.05, 0) is 40.5 Å². The summed E-state index contributed by atoms with van der Waals surface area (Å²) in [5, 5.41) is 6.00. The molecule has 0 amide bonds. The van der Waals surface area contributed by atoms with Gasteiger partial charge in [-0.3, -0.25) is 0 Å². The molecule has 0 bridgehead atoms. The number of thiophene rings is 1. The van der Waals surface area contributed by atoms with Gasteiger partial charge in [0.1, 0.15) is 0 Å². The van der Waals surface area contributed by atoms with Crippen molar-refractivity contribution in [2.75, 3.05) is 0 Å². The normalized spacial score (nSPS) is 11.5. The molecule has 57 heavy (non-hydrogen) atoms. The number of benzene rings is 8. The molecule has 0 saturated heterocycles. The minimum atomic E-state index is 0.622. The lowest BCUT2D eigenvalue weighted by atomic mass is 9.92. The third-order valence-corrected chi connectivity index (χ3v) is 11.9. The largest absolute Gasteiger partial charge is 0.247 e. The van der Waals surface area contributed by atoms with Gasteiger partial charge < -0.3 is 0 Å². The van der Waals surface area contributed by atoms with Crippen molar-refractivity contribution in [2.45, 2.75) is 0 Å². The maximum atomic E-state index is 5.17. The number of hydrogen-bond acceptors (Lipinski definition) is 5. The van der Waals surface area contributed by atoms with Crippen LogP contribution in [0, 0.1) is 0 Å². The number of para-hydroxylation sites is 1. The molecule has 0 spiro atoms. The lowest BCUT2D eigenvalue weighted by Gasteiger charge is -2.15. The zero-order valence-electron chi connectivity index (χ0n) is 30.7. The minimum Gasteiger partial charge on any atom is -0.247 e. The molecule has 11 aromatic rings. The van der Waals surface area contributed by atoms with Gasteiger partial charge in [0.25, 0.3) is 0 Å². The Hall–Kier alpha value is -7.34. The summed E-state index contributed by atoms with van der Waals surface area (Å²) in [6.45, 7) is 0. The molecule has 0 aliphatic rings. The van der Waals surface area contributed by atoms with Crippen LogP contribution < -0.4 is 0 Å². The van der Waals surface area contributed by atoms with Crippen molar-refractivity contribution >= 4 is 53.2 Å². The van der Waals surface area contributed by atoms with Gasteiger partial charge in [0.2, 0.25) is 0 Å². The summed E-state index contributed by atoms with van der Waals surface area (Å²) in [6.07, 6.45) is 0. The second-order valence-corrected chi connectivity index (χ2v) is 15.2. The van der Waals surface area contributed by atoms with E-state index in [9.17, 15) is 0 Å². The van der Waals surface area contributed by atoms with E-state index in [1.165, 1.54) is 31.1 Å². The number of hydrogen-bond donors (Lipinski definition) is 0. The fraction of sp³-hybridized carbons (Fsp3) is 0. The van der Waals surface area contributed by atoms with Crippen LogP contribution in [0.25, 0.3) is 110 Å². The van der Waals surface area contributed by atoms with Gasteiger partial charge >= 0.3 is 0 Å². The van der Waals surface area contributed by atoms with Gasteiger partial charge in [0.05, 0.1) is 11.2 Å². The van der Waals surface area contributed by atoms with Crippen LogP contribution in [-0.4, -0.2) is 19.9 Å². The smallest absolute Gasteiger partial charge is 0.164 e. The molecule has 0 unspecified atom stereocenters. The van der Waals surface area contributed by atoms with E-state index in [0.717, 1.165) is 60.9 Å². The molecule has 4 nitrogen and oxygen atoms in total. The van der Waals surface area contributed by atoms with Crippen molar-refractivity contribution in [3.8, 4) is 67.7 Å². The van der Waals surface area contributed by atoms with Crippen LogP contribution >= 0.6 is 11.3 Å². The average Bonchev–Trinajstić information content (AvgIpc) is 3.68. The van der Waals surface area contributed by atoms with E-state index < -0.39 is 0 Å². The Morgan fingerprint density at radius 1 is 0.316 bits per heavy atom. The first-order valence-corrected chi connectivity index (χ1v) is 19.9. The van der Waals surface area contributed by atoms with Gasteiger partial charge in [-0.1, -0.05) is 176 Å². The van der Waals surface area contributed by atoms with Gasteiger partial charge in [-0.15, -0.1) is 11.3 Å². The highest BCUT2D eigenvalue weighted by Gasteiger charge is 2.17. The SMILES string of the molecule is c1ccc(-c2nc(-c3ccc(-c4cccc5c4sc4ccccc45)cc3)nc(-c3cccc(-c4cccc5c(-c6ccccc6)nc6ccccc6c45)c3)n2)cc1. The highest BCUT2D eigenvalue weighted by Crippen LogP contribution is 2.41. The molecular weight excluding hydrogens is 713 g/mol. The van der Waals surface area contributed by atoms with Crippen molar-refractivity contribution < 1.29 is 0 Å². The maximum absolute atomic E-state index is 5.17. The van der Waals surface area contributed by atoms with E-state index >= 15 is 0 Å². The molecule has 11 rings (SSSR count). The average molecular weight is 745 g/mol. The Bertz CT molecular complexity index is 3280. The molecule has 0 atom stereocenters. The zero-order valence-corrected chi connectivity index (χ0v) is 31.5. The molecule has 0 saturated carbocycles. The van der Waals surface area contributed by atoms with Crippen LogP contribution in [0.1, 0.15) is 0 Å². The topological polar surface area (TPSA) is 51.6 Å². The van der Waals surface area contributed by atoms with Gasteiger partial charge in [-0.25, -0.2) is 19.9 Å². The summed E-state index contributed by atoms with van der Waals surface area (Å²) in [7, 11) is 0. The Morgan fingerprint density at radius 3 is 1.61 bits per heavy atom. The Morgan fingerprint density at radius 2 is 0.842 bits per heavy atom. The Balaban J connectivity index is 1.04. The summed E-state index contributed by atoms with van der Waals surface area (Å²) < 4.78 is 2.60. The number of nitrogens with zero attached hydrogens (tertiary/aromatic N) is 4. The van der Waals surface area contributed by atoms with Crippen LogP contribution in [0.4, 0.5) is 0 Å². The van der Waals surface area contributed by atoms with Crippen molar-refractivity contribution in [1.82, 2.24) is 19.9 Å². The highest BCUT2D eigenvalue weighted by atomic mass is 32.1. The van der Waals surface area contributed by atoms with Crippen LogP contribution in [0.2, 0.25) is 0 Å². The number of fused-ring (bicyclic) bond motifs is 6. The predicted octanol–water partition coefficient (Wildman–Crippen LogP) is 13.9. The number of aromatic nitrogens is 4. The highest BCUT2D eigenvalue weighted by molar-refractivity contribution is 7.26. The van der Waals surface area contributed by atoms with Crippen molar-refractivity contribution in [3.05, 3.63) is 194 Å². The van der Waals surface area contributed by atoms with E-state index in [2.05, 4.69) is 158 Å². The van der Waals surface area contributed by atoms with Gasteiger partial charge in [0.15, 0.2) is 17.5 Å². The summed E-state index contributed by atoms with van der Waals surface area (Å²) in [5.41, 5.74) is 10.4. The van der Waals surface area contributed by atoms with Crippen molar-refractivity contribution in [3.63, 3.8) is 0 Å². The van der Waals surface area contributed by atoms with E-state index in [1.807, 2.05) is 47.7 Å². The minimum absolute atomic E-state index is 0.622. The van der Waals surface area contributed by atoms with Gasteiger partial charge in [0, 0.05) is 58.6 Å². The molecule has 266 valence electrons. The quantitative estimate of drug-likeness (QED) is 0.159. The zero-order chi connectivity index (χ0) is 37.7. The first-order chi connectivity index (χ1) is 28.2. The van der Waals surface area contributed by atoms with E-state index in [-0.39, 0.29) is 0 Å². The third kappa shape index (κ3) is 5.84. The van der Waals surface area contributed by atoms with Crippen molar-refractivity contribution in [2.24, 2.45) is 0 Å². The molecule has 8 aromatic carbocycles. The van der Waals surface area contributed by atoms with E-state index in [1.54, 1.807) is 0 Å². The number of pyridine rings is 1. The van der Waals surface area contributed by atoms with E-state index in [0.29, 0.717) is 17.5 Å². The Kier molecular flexibility index (Phi) is 7.97. The summed E-state index contributed by atoms with van der Waals surface area (Å²) in [5.74, 6) is 1.89. The molecule has 3 aromatic heterocycles. The molecule has 0 N–H and O–H groups in total. The van der Waals surface area contributed by atoms with Crippen LogP contribution in [-0.2, 0) is 0 Å². The fourth-order valence-corrected chi connectivity index (χ4v) is 9.25. The first-order valence-electron chi connectivity index (χ1n) is 19.1. The second-order valence-electron chi connectivity index (χ2n) is 14.2. The second kappa shape index (κ2) is 13.7. The number of rotatable bonds is 6. The summed E-state index contributed by atoms with van der Waals surface area (Å²) in [4.78, 5) is 20.5. The summed E-state index contributed by atoms with van der Waals surface area (Å²) in [6, 6.07) is 68.0. The molecule has 3 heterocycles. The van der Waals surface area contributed by atoms with Gasteiger partial charge in [-0.2, -0.15) is 0 Å². The molecule has 0 radical (unpaired) electrons. The lowest BCUT2D eigenvalue weighted by Crippen LogP contribution is -2.00. The molecule has 0 aliphatic heterocycles. The summed E-state index contributed by atoms with van der Waals surface area (Å²) >= 11 is 1.85.